The zero-order valence-electron chi connectivity index (χ0n) is 22.8. The van der Waals surface area contributed by atoms with Gasteiger partial charge in [-0.15, -0.1) is 0 Å². The Labute approximate surface area is 232 Å². The summed E-state index contributed by atoms with van der Waals surface area (Å²) in [6, 6.07) is 18.7. The van der Waals surface area contributed by atoms with Gasteiger partial charge < -0.3 is 24.8 Å². The second-order valence-electron chi connectivity index (χ2n) is 9.87. The number of hydrogen-bond acceptors (Lipinski definition) is 6. The second kappa shape index (κ2) is 11.3. The van der Waals surface area contributed by atoms with E-state index in [-0.39, 0.29) is 29.8 Å². The van der Waals surface area contributed by atoms with Crippen molar-refractivity contribution in [1.82, 2.24) is 5.32 Å². The number of Topliss-reactive ketones (excluding diaryl/α,β-unsaturated/α-hetero) is 1. The first-order valence-corrected chi connectivity index (χ1v) is 13.0. The van der Waals surface area contributed by atoms with Crippen LogP contribution in [0.4, 0.5) is 10.1 Å². The number of benzene rings is 3. The lowest BCUT2D eigenvalue weighted by atomic mass is 9.71. The van der Waals surface area contributed by atoms with Gasteiger partial charge in [-0.1, -0.05) is 18.2 Å². The minimum Gasteiger partial charge on any atom is -0.497 e. The summed E-state index contributed by atoms with van der Waals surface area (Å²) in [6.07, 6.45) is 0.832. The Bertz CT molecular complexity index is 1510. The number of anilines is 1. The molecule has 0 bridgehead atoms. The van der Waals surface area contributed by atoms with Gasteiger partial charge in [0.2, 0.25) is 0 Å². The lowest BCUT2D eigenvalue weighted by molar-refractivity contribution is -0.116. The smallest absolute Gasteiger partial charge is 0.254 e. The number of ether oxygens (including phenoxy) is 3. The van der Waals surface area contributed by atoms with Crippen molar-refractivity contribution in [3.05, 3.63) is 106 Å². The Morgan fingerprint density at radius 2 is 1.55 bits per heavy atom. The van der Waals surface area contributed by atoms with E-state index in [0.717, 1.165) is 11.3 Å². The molecule has 1 amide bonds. The lowest BCUT2D eigenvalue weighted by Crippen LogP contribution is -2.37. The van der Waals surface area contributed by atoms with Crippen LogP contribution >= 0.6 is 0 Å². The number of allylic oxidation sites excluding steroid dienone is 3. The van der Waals surface area contributed by atoms with Gasteiger partial charge in [0.25, 0.3) is 5.91 Å². The first kappa shape index (κ1) is 27.0. The Hall–Kier alpha value is -4.59. The SMILES string of the molecule is COc1ccc(NC(=O)C2=C(C)NC3=C(C(=O)C[C@@H](c4ccc(OC)c(OC)c4)C3)[C@H]2c2ccc(F)cc2)cc1. The average molecular weight is 543 g/mol. The van der Waals surface area contributed by atoms with Crippen molar-refractivity contribution in [2.24, 2.45) is 0 Å². The molecule has 7 nitrogen and oxygen atoms in total. The molecule has 0 saturated heterocycles. The monoisotopic (exact) mass is 542 g/mol. The van der Waals surface area contributed by atoms with E-state index in [4.69, 9.17) is 14.2 Å². The fraction of sp³-hybridized carbons (Fsp3) is 0.250. The number of methoxy groups -OCH3 is 3. The van der Waals surface area contributed by atoms with Gasteiger partial charge in [0, 0.05) is 40.6 Å². The molecule has 2 N–H and O–H groups in total. The summed E-state index contributed by atoms with van der Waals surface area (Å²) in [5.74, 6) is 0.358. The summed E-state index contributed by atoms with van der Waals surface area (Å²) in [5, 5.41) is 6.32. The van der Waals surface area contributed by atoms with Gasteiger partial charge in [0.05, 0.1) is 21.3 Å². The van der Waals surface area contributed by atoms with Crippen LogP contribution < -0.4 is 24.8 Å². The summed E-state index contributed by atoms with van der Waals surface area (Å²) in [4.78, 5) is 27.6. The number of nitrogens with one attached hydrogen (secondary N) is 2. The molecule has 3 aromatic rings. The second-order valence-corrected chi connectivity index (χ2v) is 9.87. The minimum atomic E-state index is -0.644. The van der Waals surface area contributed by atoms with Crippen LogP contribution in [0.15, 0.2) is 89.3 Å². The predicted octanol–water partition coefficient (Wildman–Crippen LogP) is 5.85. The number of carbonyl (C=O) groups is 2. The van der Waals surface area contributed by atoms with Crippen molar-refractivity contribution in [1.29, 1.82) is 0 Å². The standard InChI is InChI=1S/C32H31FN2O5/c1-18-29(32(37)35-23-10-12-24(38-2)13-11-23)30(19-5-8-22(33)9-6-19)31-25(34-18)15-21(16-26(31)36)20-7-14-27(39-3)28(17-20)40-4/h5-14,17,21,30,34H,15-16H2,1-4H3,(H,35,37)/t21-,30-/m0/s1. The van der Waals surface area contributed by atoms with Gasteiger partial charge in [0.1, 0.15) is 11.6 Å². The van der Waals surface area contributed by atoms with E-state index >= 15 is 0 Å². The van der Waals surface area contributed by atoms with Crippen LogP contribution in [0.25, 0.3) is 0 Å². The van der Waals surface area contributed by atoms with E-state index < -0.39 is 5.92 Å². The van der Waals surface area contributed by atoms with Crippen molar-refractivity contribution in [3.63, 3.8) is 0 Å². The van der Waals surface area contributed by atoms with Gasteiger partial charge in [-0.05, 0) is 78.9 Å². The maximum Gasteiger partial charge on any atom is 0.254 e. The molecule has 0 aromatic heterocycles. The summed E-state index contributed by atoms with van der Waals surface area (Å²) in [6.45, 7) is 1.83. The van der Waals surface area contributed by atoms with Gasteiger partial charge >= 0.3 is 0 Å². The molecule has 1 aliphatic carbocycles. The fourth-order valence-corrected chi connectivity index (χ4v) is 5.54. The average Bonchev–Trinajstić information content (AvgIpc) is 2.96. The summed E-state index contributed by atoms with van der Waals surface area (Å²) in [5.41, 5.74) is 4.58. The molecule has 0 spiro atoms. The maximum atomic E-state index is 13.9. The van der Waals surface area contributed by atoms with Crippen molar-refractivity contribution in [2.45, 2.75) is 31.6 Å². The fourth-order valence-electron chi connectivity index (χ4n) is 5.54. The topological polar surface area (TPSA) is 85.9 Å². The number of ketones is 1. The highest BCUT2D eigenvalue weighted by molar-refractivity contribution is 6.10. The number of dihydropyridines is 1. The van der Waals surface area contributed by atoms with Crippen molar-refractivity contribution in [3.8, 4) is 17.2 Å². The Morgan fingerprint density at radius 1 is 0.875 bits per heavy atom. The van der Waals surface area contributed by atoms with E-state index in [1.54, 1.807) is 57.7 Å². The molecule has 0 radical (unpaired) electrons. The van der Waals surface area contributed by atoms with Gasteiger partial charge in [-0.3, -0.25) is 9.59 Å². The molecular formula is C32H31FN2O5. The summed E-state index contributed by atoms with van der Waals surface area (Å²) in [7, 11) is 4.74. The van der Waals surface area contributed by atoms with Crippen molar-refractivity contribution >= 4 is 17.4 Å². The zero-order chi connectivity index (χ0) is 28.4. The number of carbonyl (C=O) groups excluding carboxylic acids is 2. The zero-order valence-corrected chi connectivity index (χ0v) is 22.8. The number of hydrogen-bond donors (Lipinski definition) is 2. The molecule has 3 aromatic carbocycles. The quantitative estimate of drug-likeness (QED) is 0.390. The number of amides is 1. The third-order valence-corrected chi connectivity index (χ3v) is 7.50. The molecular weight excluding hydrogens is 511 g/mol. The Morgan fingerprint density at radius 3 is 2.20 bits per heavy atom. The molecule has 0 fully saturated rings. The lowest BCUT2D eigenvalue weighted by Gasteiger charge is -2.37. The largest absolute Gasteiger partial charge is 0.497 e. The Balaban J connectivity index is 1.52. The highest BCUT2D eigenvalue weighted by Gasteiger charge is 2.41. The molecule has 1 heterocycles. The van der Waals surface area contributed by atoms with Gasteiger partial charge in [-0.2, -0.15) is 0 Å². The molecule has 40 heavy (non-hydrogen) atoms. The normalized spacial score (nSPS) is 18.6. The van der Waals surface area contributed by atoms with E-state index in [2.05, 4.69) is 10.6 Å². The third kappa shape index (κ3) is 5.17. The molecule has 5 rings (SSSR count). The van der Waals surface area contributed by atoms with E-state index in [1.165, 1.54) is 12.1 Å². The van der Waals surface area contributed by atoms with Crippen molar-refractivity contribution in [2.75, 3.05) is 26.6 Å². The van der Waals surface area contributed by atoms with Gasteiger partial charge in [0.15, 0.2) is 17.3 Å². The number of halogens is 1. The number of rotatable bonds is 7. The minimum absolute atomic E-state index is 0.0647. The van der Waals surface area contributed by atoms with Crippen LogP contribution in [0.3, 0.4) is 0 Å². The van der Waals surface area contributed by atoms with E-state index in [9.17, 15) is 14.0 Å². The first-order valence-electron chi connectivity index (χ1n) is 13.0. The molecule has 0 saturated carbocycles. The van der Waals surface area contributed by atoms with Crippen LogP contribution in [-0.2, 0) is 9.59 Å². The maximum absolute atomic E-state index is 13.9. The molecule has 8 heteroatoms. The van der Waals surface area contributed by atoms with Gasteiger partial charge in [-0.25, -0.2) is 4.39 Å². The Kier molecular flexibility index (Phi) is 7.60. The molecule has 0 unspecified atom stereocenters. The molecule has 1 aliphatic heterocycles. The van der Waals surface area contributed by atoms with E-state index in [1.807, 2.05) is 25.1 Å². The highest BCUT2D eigenvalue weighted by Crippen LogP contribution is 2.46. The van der Waals surface area contributed by atoms with Crippen molar-refractivity contribution < 1.29 is 28.2 Å². The third-order valence-electron chi connectivity index (χ3n) is 7.50. The summed E-state index contributed by atoms with van der Waals surface area (Å²) >= 11 is 0. The van der Waals surface area contributed by atoms with Crippen LogP contribution in [0, 0.1) is 5.82 Å². The van der Waals surface area contributed by atoms with Crippen LogP contribution in [0.1, 0.15) is 42.7 Å². The summed E-state index contributed by atoms with van der Waals surface area (Å²) < 4.78 is 29.9. The predicted molar refractivity (Wildman–Crippen MR) is 150 cm³/mol. The van der Waals surface area contributed by atoms with Crippen LogP contribution in [0.5, 0.6) is 17.2 Å². The van der Waals surface area contributed by atoms with Crippen LogP contribution in [-0.4, -0.2) is 33.0 Å². The molecule has 206 valence electrons. The van der Waals surface area contributed by atoms with E-state index in [0.29, 0.717) is 51.8 Å². The molecule has 2 atom stereocenters. The van der Waals surface area contributed by atoms with Crippen LogP contribution in [0.2, 0.25) is 0 Å². The molecule has 2 aliphatic rings. The first-order chi connectivity index (χ1) is 19.3. The highest BCUT2D eigenvalue weighted by atomic mass is 19.1.